The van der Waals surface area contributed by atoms with Crippen LogP contribution in [0.5, 0.6) is 0 Å². The largest absolute Gasteiger partial charge is 0.442 e. The van der Waals surface area contributed by atoms with Crippen LogP contribution in [0.25, 0.3) is 0 Å². The van der Waals surface area contributed by atoms with Crippen molar-refractivity contribution < 1.29 is 19.1 Å². The van der Waals surface area contributed by atoms with Gasteiger partial charge in [-0.25, -0.2) is 4.79 Å². The zero-order valence-corrected chi connectivity index (χ0v) is 13.8. The minimum Gasteiger partial charge on any atom is -0.442 e. The molecular formula is C17H21N3O4. The molecule has 2 aliphatic heterocycles. The van der Waals surface area contributed by atoms with Crippen molar-refractivity contribution >= 4 is 29.8 Å². The van der Waals surface area contributed by atoms with Gasteiger partial charge in [-0.1, -0.05) is 6.92 Å². The van der Waals surface area contributed by atoms with Gasteiger partial charge in [0.1, 0.15) is 6.10 Å². The number of nitrogens with zero attached hydrogens (tertiary/aromatic N) is 2. The molecule has 128 valence electrons. The van der Waals surface area contributed by atoms with Crippen LogP contribution in [-0.4, -0.2) is 43.6 Å². The predicted molar refractivity (Wildman–Crippen MR) is 89.1 cm³/mol. The van der Waals surface area contributed by atoms with E-state index in [0.29, 0.717) is 19.5 Å². The molecule has 0 aliphatic carbocycles. The van der Waals surface area contributed by atoms with Gasteiger partial charge in [-0.3, -0.25) is 14.5 Å². The maximum absolute atomic E-state index is 12.1. The summed E-state index contributed by atoms with van der Waals surface area (Å²) in [7, 11) is 0. The molecule has 2 unspecified atom stereocenters. The average Bonchev–Trinajstić information content (AvgIpc) is 3.10. The van der Waals surface area contributed by atoms with Gasteiger partial charge in [-0.2, -0.15) is 0 Å². The van der Waals surface area contributed by atoms with E-state index in [2.05, 4.69) is 5.32 Å². The van der Waals surface area contributed by atoms with Crippen LogP contribution in [0.1, 0.15) is 25.8 Å². The molecule has 2 aliphatic rings. The van der Waals surface area contributed by atoms with Crippen LogP contribution in [0.15, 0.2) is 18.2 Å². The highest BCUT2D eigenvalue weighted by molar-refractivity contribution is 5.91. The number of fused-ring (bicyclic) bond motifs is 1. The molecule has 1 aromatic carbocycles. The fourth-order valence-electron chi connectivity index (χ4n) is 3.16. The van der Waals surface area contributed by atoms with E-state index < -0.39 is 6.09 Å². The van der Waals surface area contributed by atoms with Gasteiger partial charge in [0, 0.05) is 23.8 Å². The van der Waals surface area contributed by atoms with Crippen LogP contribution in [0, 0.1) is 0 Å². The maximum atomic E-state index is 12.1. The van der Waals surface area contributed by atoms with Crippen molar-refractivity contribution in [3.63, 3.8) is 0 Å². The standard InChI is InChI=1S/C17H21N3O4/c1-3-16(22)18-8-14-9-19(17(23)24-14)13-4-5-15-12(7-13)6-11(2)20(15)10-21/h4-5,7,10-11,14H,3,6,8-9H2,1-2H3,(H,18,22). The van der Waals surface area contributed by atoms with Crippen LogP contribution >= 0.6 is 0 Å². The van der Waals surface area contributed by atoms with E-state index in [9.17, 15) is 14.4 Å². The number of hydrogen-bond acceptors (Lipinski definition) is 4. The fourth-order valence-corrected chi connectivity index (χ4v) is 3.16. The molecule has 2 atom stereocenters. The SMILES string of the molecule is CCC(=O)NCC1CN(c2ccc3c(c2)CC(C)N3C=O)C(=O)O1. The summed E-state index contributed by atoms with van der Waals surface area (Å²) < 4.78 is 5.31. The molecule has 3 amide bonds. The Morgan fingerprint density at radius 3 is 2.96 bits per heavy atom. The average molecular weight is 331 g/mol. The normalized spacial score (nSPS) is 22.3. The topological polar surface area (TPSA) is 79.0 Å². The van der Waals surface area contributed by atoms with Gasteiger partial charge < -0.3 is 15.0 Å². The first-order valence-corrected chi connectivity index (χ1v) is 8.15. The molecular weight excluding hydrogens is 310 g/mol. The Morgan fingerprint density at radius 1 is 1.46 bits per heavy atom. The van der Waals surface area contributed by atoms with E-state index in [-0.39, 0.29) is 18.1 Å². The highest BCUT2D eigenvalue weighted by Gasteiger charge is 2.34. The van der Waals surface area contributed by atoms with Crippen LogP contribution in [0.4, 0.5) is 16.2 Å². The number of benzene rings is 1. The molecule has 1 saturated heterocycles. The molecule has 0 aromatic heterocycles. The van der Waals surface area contributed by atoms with Gasteiger partial charge in [0.25, 0.3) is 0 Å². The predicted octanol–water partition coefficient (Wildman–Crippen LogP) is 1.45. The number of hydrogen-bond donors (Lipinski definition) is 1. The third kappa shape index (κ3) is 2.93. The highest BCUT2D eigenvalue weighted by atomic mass is 16.6. The molecule has 0 saturated carbocycles. The molecule has 1 N–H and O–H groups in total. The van der Waals surface area contributed by atoms with Crippen LogP contribution in [-0.2, 0) is 20.7 Å². The quantitative estimate of drug-likeness (QED) is 0.828. The summed E-state index contributed by atoms with van der Waals surface area (Å²) in [4.78, 5) is 37.9. The second-order valence-electron chi connectivity index (χ2n) is 6.15. The lowest BCUT2D eigenvalue weighted by Crippen LogP contribution is -2.34. The molecule has 2 heterocycles. The lowest BCUT2D eigenvalue weighted by molar-refractivity contribution is -0.121. The van der Waals surface area contributed by atoms with E-state index in [1.165, 1.54) is 0 Å². The maximum Gasteiger partial charge on any atom is 0.414 e. The Morgan fingerprint density at radius 2 is 2.25 bits per heavy atom. The minimum atomic E-state index is -0.413. The minimum absolute atomic E-state index is 0.0648. The second kappa shape index (κ2) is 6.51. The van der Waals surface area contributed by atoms with E-state index in [1.807, 2.05) is 25.1 Å². The number of carbonyl (C=O) groups is 3. The zero-order chi connectivity index (χ0) is 17.3. The summed E-state index contributed by atoms with van der Waals surface area (Å²) in [6, 6.07) is 5.74. The number of nitrogens with one attached hydrogen (secondary N) is 1. The van der Waals surface area contributed by atoms with Crippen molar-refractivity contribution in [2.45, 2.75) is 38.8 Å². The third-order valence-electron chi connectivity index (χ3n) is 4.48. The van der Waals surface area contributed by atoms with Gasteiger partial charge in [0.15, 0.2) is 0 Å². The number of rotatable bonds is 5. The van der Waals surface area contributed by atoms with Crippen molar-refractivity contribution in [3.05, 3.63) is 23.8 Å². The lowest BCUT2D eigenvalue weighted by Gasteiger charge is -2.17. The lowest BCUT2D eigenvalue weighted by atomic mass is 10.1. The van der Waals surface area contributed by atoms with Gasteiger partial charge in [-0.05, 0) is 37.1 Å². The van der Waals surface area contributed by atoms with Gasteiger partial charge in [0.05, 0.1) is 13.1 Å². The molecule has 0 spiro atoms. The second-order valence-corrected chi connectivity index (χ2v) is 6.15. The van der Waals surface area contributed by atoms with Crippen molar-refractivity contribution in [3.8, 4) is 0 Å². The summed E-state index contributed by atoms with van der Waals surface area (Å²) in [5.41, 5.74) is 2.69. The van der Waals surface area contributed by atoms with Gasteiger partial charge >= 0.3 is 6.09 Å². The van der Waals surface area contributed by atoms with Crippen LogP contribution < -0.4 is 15.1 Å². The number of amides is 3. The summed E-state index contributed by atoms with van der Waals surface area (Å²) >= 11 is 0. The first-order chi connectivity index (χ1) is 11.5. The number of ether oxygens (including phenoxy) is 1. The Bertz CT molecular complexity index is 676. The molecule has 1 fully saturated rings. The van der Waals surface area contributed by atoms with Gasteiger partial charge in [0.2, 0.25) is 12.3 Å². The van der Waals surface area contributed by atoms with Crippen LogP contribution in [0.3, 0.4) is 0 Å². The summed E-state index contributed by atoms with van der Waals surface area (Å²) in [6.45, 7) is 4.48. The monoisotopic (exact) mass is 331 g/mol. The third-order valence-corrected chi connectivity index (χ3v) is 4.48. The Hall–Kier alpha value is -2.57. The highest BCUT2D eigenvalue weighted by Crippen LogP contribution is 2.35. The summed E-state index contributed by atoms with van der Waals surface area (Å²) in [6.07, 6.45) is 1.24. The van der Waals surface area contributed by atoms with Crippen LogP contribution in [0.2, 0.25) is 0 Å². The first kappa shape index (κ1) is 16.3. The van der Waals surface area contributed by atoms with E-state index in [0.717, 1.165) is 29.8 Å². The fraction of sp³-hybridized carbons (Fsp3) is 0.471. The van der Waals surface area contributed by atoms with Gasteiger partial charge in [-0.15, -0.1) is 0 Å². The zero-order valence-electron chi connectivity index (χ0n) is 13.8. The number of carbonyl (C=O) groups excluding carboxylic acids is 3. The first-order valence-electron chi connectivity index (χ1n) is 8.15. The molecule has 7 heteroatoms. The van der Waals surface area contributed by atoms with Crippen molar-refractivity contribution in [2.75, 3.05) is 22.9 Å². The van der Waals surface area contributed by atoms with Crippen molar-refractivity contribution in [2.24, 2.45) is 0 Å². The van der Waals surface area contributed by atoms with E-state index >= 15 is 0 Å². The van der Waals surface area contributed by atoms with E-state index in [4.69, 9.17) is 4.74 Å². The Balaban J connectivity index is 1.71. The summed E-state index contributed by atoms with van der Waals surface area (Å²) in [5, 5.41) is 2.74. The van der Waals surface area contributed by atoms with E-state index in [1.54, 1.807) is 16.7 Å². The number of anilines is 2. The Labute approximate surface area is 140 Å². The number of cyclic esters (lactones) is 1. The molecule has 0 radical (unpaired) electrons. The molecule has 7 nitrogen and oxygen atoms in total. The molecule has 1 aromatic rings. The summed E-state index contributed by atoms with van der Waals surface area (Å²) in [5.74, 6) is -0.0648. The smallest absolute Gasteiger partial charge is 0.414 e. The molecule has 3 rings (SSSR count). The van der Waals surface area contributed by atoms with Crippen molar-refractivity contribution in [1.82, 2.24) is 5.32 Å². The molecule has 0 bridgehead atoms. The Kier molecular flexibility index (Phi) is 4.42. The molecule has 24 heavy (non-hydrogen) atoms. The van der Waals surface area contributed by atoms with Crippen molar-refractivity contribution in [1.29, 1.82) is 0 Å².